The number of hydrogen-bond donors (Lipinski definition) is 0. The van der Waals surface area contributed by atoms with E-state index >= 15 is 0 Å². The Bertz CT molecular complexity index is 534. The highest BCUT2D eigenvalue weighted by atomic mass is 16.5. The monoisotopic (exact) mass is 257 g/mol. The lowest BCUT2D eigenvalue weighted by molar-refractivity contribution is 0.377. The zero-order chi connectivity index (χ0) is 13.8. The van der Waals surface area contributed by atoms with Gasteiger partial charge >= 0.3 is 0 Å². The van der Waals surface area contributed by atoms with Gasteiger partial charge in [0.05, 0.1) is 26.9 Å². The van der Waals surface area contributed by atoms with Crippen LogP contribution in [0, 0.1) is 6.92 Å². The van der Waals surface area contributed by atoms with Gasteiger partial charge in [0.15, 0.2) is 0 Å². The highest BCUT2D eigenvalue weighted by Gasteiger charge is 2.14. The van der Waals surface area contributed by atoms with Gasteiger partial charge in [-0.15, -0.1) is 0 Å². The third-order valence-electron chi connectivity index (χ3n) is 2.96. The zero-order valence-electron chi connectivity index (χ0n) is 11.4. The molecule has 0 N–H and O–H groups in total. The Kier molecular flexibility index (Phi) is 3.95. The van der Waals surface area contributed by atoms with Crippen molar-refractivity contribution in [2.45, 2.75) is 0 Å². The average molecular weight is 257 g/mol. The van der Waals surface area contributed by atoms with E-state index in [0.29, 0.717) is 17.2 Å². The van der Waals surface area contributed by atoms with Gasteiger partial charge in [0.25, 0.3) is 0 Å². The van der Waals surface area contributed by atoms with Crippen molar-refractivity contribution >= 4 is 0 Å². The van der Waals surface area contributed by atoms with Gasteiger partial charge in [0.2, 0.25) is 0 Å². The Labute approximate surface area is 113 Å². The molecular weight excluding hydrogens is 240 g/mol. The molecule has 2 rings (SSSR count). The van der Waals surface area contributed by atoms with E-state index in [0.717, 1.165) is 16.7 Å². The predicted octanol–water partition coefficient (Wildman–Crippen LogP) is 3.56. The van der Waals surface area contributed by atoms with Crippen LogP contribution in [0.15, 0.2) is 36.4 Å². The van der Waals surface area contributed by atoms with Crippen LogP contribution in [-0.2, 0) is 0 Å². The Hall–Kier alpha value is -2.16. The van der Waals surface area contributed by atoms with Crippen molar-refractivity contribution in [3.8, 4) is 28.4 Å². The molecule has 0 unspecified atom stereocenters. The van der Waals surface area contributed by atoms with Crippen LogP contribution in [0.3, 0.4) is 0 Å². The third-order valence-corrected chi connectivity index (χ3v) is 2.96. The van der Waals surface area contributed by atoms with E-state index in [4.69, 9.17) is 14.2 Å². The molecule has 0 spiro atoms. The SMILES string of the molecule is [CH2]c1ccc(-c2c(OC)cc(OC)cc2OC)cc1. The Morgan fingerprint density at radius 1 is 0.789 bits per heavy atom. The summed E-state index contributed by atoms with van der Waals surface area (Å²) in [5, 5.41) is 0. The fraction of sp³-hybridized carbons (Fsp3) is 0.188. The van der Waals surface area contributed by atoms with E-state index in [1.807, 2.05) is 36.4 Å². The highest BCUT2D eigenvalue weighted by Crippen LogP contribution is 2.41. The van der Waals surface area contributed by atoms with Gasteiger partial charge in [-0.05, 0) is 18.1 Å². The van der Waals surface area contributed by atoms with Crippen LogP contribution < -0.4 is 14.2 Å². The largest absolute Gasteiger partial charge is 0.496 e. The van der Waals surface area contributed by atoms with Crippen LogP contribution >= 0.6 is 0 Å². The van der Waals surface area contributed by atoms with Crippen molar-refractivity contribution in [3.63, 3.8) is 0 Å². The summed E-state index contributed by atoms with van der Waals surface area (Å²) in [7, 11) is 4.88. The van der Waals surface area contributed by atoms with Gasteiger partial charge in [-0.25, -0.2) is 0 Å². The summed E-state index contributed by atoms with van der Waals surface area (Å²) in [5.41, 5.74) is 2.89. The smallest absolute Gasteiger partial charge is 0.134 e. The summed E-state index contributed by atoms with van der Waals surface area (Å²) in [6.07, 6.45) is 0. The van der Waals surface area contributed by atoms with Gasteiger partial charge in [0, 0.05) is 12.1 Å². The normalized spacial score (nSPS) is 10.1. The van der Waals surface area contributed by atoms with Gasteiger partial charge in [-0.2, -0.15) is 0 Å². The first kappa shape index (κ1) is 13.3. The van der Waals surface area contributed by atoms with E-state index < -0.39 is 0 Å². The summed E-state index contributed by atoms with van der Waals surface area (Å²) < 4.78 is 16.1. The molecular formula is C16H17O3. The molecule has 3 nitrogen and oxygen atoms in total. The second-order valence-corrected chi connectivity index (χ2v) is 4.10. The van der Waals surface area contributed by atoms with E-state index in [-0.39, 0.29) is 0 Å². The molecule has 0 amide bonds. The minimum absolute atomic E-state index is 0.700. The topological polar surface area (TPSA) is 27.7 Å². The third kappa shape index (κ3) is 2.65. The van der Waals surface area contributed by atoms with Gasteiger partial charge < -0.3 is 14.2 Å². The summed E-state index contributed by atoms with van der Waals surface area (Å²) in [4.78, 5) is 0. The zero-order valence-corrected chi connectivity index (χ0v) is 11.4. The van der Waals surface area contributed by atoms with Crippen LogP contribution in [0.25, 0.3) is 11.1 Å². The molecule has 3 heteroatoms. The second kappa shape index (κ2) is 5.65. The summed E-state index contributed by atoms with van der Waals surface area (Å²) in [6, 6.07) is 11.6. The molecule has 2 aromatic rings. The second-order valence-electron chi connectivity index (χ2n) is 4.10. The Morgan fingerprint density at radius 2 is 1.32 bits per heavy atom. The summed E-state index contributed by atoms with van der Waals surface area (Å²) in [6.45, 7) is 3.89. The van der Waals surface area contributed by atoms with Crippen LogP contribution in [0.1, 0.15) is 5.56 Å². The first-order chi connectivity index (χ1) is 9.19. The maximum atomic E-state index is 5.44. The fourth-order valence-electron chi connectivity index (χ4n) is 1.96. The van der Waals surface area contributed by atoms with Crippen molar-refractivity contribution in [1.82, 2.24) is 0 Å². The van der Waals surface area contributed by atoms with Gasteiger partial charge in [-0.3, -0.25) is 0 Å². The average Bonchev–Trinajstić information content (AvgIpc) is 2.46. The maximum absolute atomic E-state index is 5.44. The fourth-order valence-corrected chi connectivity index (χ4v) is 1.96. The van der Waals surface area contributed by atoms with Crippen LogP contribution in [-0.4, -0.2) is 21.3 Å². The molecule has 0 heterocycles. The minimum atomic E-state index is 0.700. The molecule has 99 valence electrons. The number of ether oxygens (including phenoxy) is 3. The molecule has 0 saturated heterocycles. The highest BCUT2D eigenvalue weighted by molar-refractivity contribution is 5.78. The standard InChI is InChI=1S/C16H17O3/c1-11-5-7-12(8-6-11)16-14(18-3)9-13(17-2)10-15(16)19-4/h5-10H,1H2,2-4H3. The molecule has 0 aromatic heterocycles. The first-order valence-corrected chi connectivity index (χ1v) is 5.92. The molecule has 0 aliphatic rings. The molecule has 2 aromatic carbocycles. The number of methoxy groups -OCH3 is 3. The van der Waals surface area contributed by atoms with Crippen LogP contribution in [0.5, 0.6) is 17.2 Å². The first-order valence-electron chi connectivity index (χ1n) is 5.92. The number of rotatable bonds is 4. The molecule has 1 radical (unpaired) electrons. The molecule has 0 saturated carbocycles. The quantitative estimate of drug-likeness (QED) is 0.838. The van der Waals surface area contributed by atoms with Crippen molar-refractivity contribution in [3.05, 3.63) is 48.9 Å². The van der Waals surface area contributed by atoms with E-state index in [9.17, 15) is 0 Å². The Balaban J connectivity index is 2.63. The summed E-state index contributed by atoms with van der Waals surface area (Å²) >= 11 is 0. The number of benzene rings is 2. The van der Waals surface area contributed by atoms with Crippen LogP contribution in [0.2, 0.25) is 0 Å². The molecule has 0 atom stereocenters. The van der Waals surface area contributed by atoms with Crippen molar-refractivity contribution in [2.75, 3.05) is 21.3 Å². The molecule has 0 aliphatic heterocycles. The molecule has 19 heavy (non-hydrogen) atoms. The maximum Gasteiger partial charge on any atom is 0.134 e. The lowest BCUT2D eigenvalue weighted by atomic mass is 10.0. The van der Waals surface area contributed by atoms with Gasteiger partial charge in [0.1, 0.15) is 17.2 Å². The Morgan fingerprint density at radius 3 is 1.74 bits per heavy atom. The molecule has 0 bridgehead atoms. The van der Waals surface area contributed by atoms with Crippen molar-refractivity contribution in [1.29, 1.82) is 0 Å². The predicted molar refractivity (Wildman–Crippen MR) is 76.0 cm³/mol. The van der Waals surface area contributed by atoms with Crippen molar-refractivity contribution < 1.29 is 14.2 Å². The van der Waals surface area contributed by atoms with Gasteiger partial charge in [-0.1, -0.05) is 24.3 Å². The van der Waals surface area contributed by atoms with Crippen molar-refractivity contribution in [2.24, 2.45) is 0 Å². The number of hydrogen-bond acceptors (Lipinski definition) is 3. The molecule has 0 aliphatic carbocycles. The summed E-state index contributed by atoms with van der Waals surface area (Å²) in [5.74, 6) is 2.13. The minimum Gasteiger partial charge on any atom is -0.496 e. The lowest BCUT2D eigenvalue weighted by Crippen LogP contribution is -1.95. The van der Waals surface area contributed by atoms with Crippen LogP contribution in [0.4, 0.5) is 0 Å². The lowest BCUT2D eigenvalue weighted by Gasteiger charge is -2.15. The van der Waals surface area contributed by atoms with E-state index in [1.165, 1.54) is 0 Å². The molecule has 0 fully saturated rings. The van der Waals surface area contributed by atoms with E-state index in [1.54, 1.807) is 21.3 Å². The van der Waals surface area contributed by atoms with E-state index in [2.05, 4.69) is 6.92 Å².